The van der Waals surface area contributed by atoms with Crippen molar-refractivity contribution < 1.29 is 17.9 Å². The third-order valence-electron chi connectivity index (χ3n) is 4.58. The van der Waals surface area contributed by atoms with Crippen LogP contribution < -0.4 is 4.31 Å². The molecule has 0 aliphatic carbocycles. The van der Waals surface area contributed by atoms with Crippen LogP contribution in [0.25, 0.3) is 10.8 Å². The van der Waals surface area contributed by atoms with Crippen molar-refractivity contribution in [1.29, 1.82) is 0 Å². The lowest BCUT2D eigenvalue weighted by Gasteiger charge is -2.27. The number of ether oxygens (including phenoxy) is 1. The summed E-state index contributed by atoms with van der Waals surface area (Å²) in [5.41, 5.74) is 2.05. The zero-order chi connectivity index (χ0) is 20.3. The average Bonchev–Trinajstić information content (AvgIpc) is 2.66. The maximum atomic E-state index is 13.5. The fourth-order valence-corrected chi connectivity index (χ4v) is 4.84. The minimum atomic E-state index is -3.97. The van der Waals surface area contributed by atoms with Gasteiger partial charge in [0.1, 0.15) is 6.54 Å². The SMILES string of the molecule is CCOC(=O)CN(c1c(C)cccc1C)S(=O)(=O)c1ccc2ccccc2c1. The largest absolute Gasteiger partial charge is 0.465 e. The first-order valence-corrected chi connectivity index (χ1v) is 10.5. The van der Waals surface area contributed by atoms with Gasteiger partial charge in [0, 0.05) is 0 Å². The van der Waals surface area contributed by atoms with Gasteiger partial charge in [-0.15, -0.1) is 0 Å². The lowest BCUT2D eigenvalue weighted by molar-refractivity contribution is -0.141. The van der Waals surface area contributed by atoms with Crippen molar-refractivity contribution in [2.75, 3.05) is 17.5 Å². The predicted octanol–water partition coefficient (Wildman–Crippen LogP) is 4.22. The van der Waals surface area contributed by atoms with Gasteiger partial charge in [0.05, 0.1) is 17.2 Å². The van der Waals surface area contributed by atoms with E-state index in [0.717, 1.165) is 26.2 Å². The van der Waals surface area contributed by atoms with Gasteiger partial charge in [0.2, 0.25) is 0 Å². The van der Waals surface area contributed by atoms with E-state index in [1.54, 1.807) is 25.1 Å². The fraction of sp³-hybridized carbons (Fsp3) is 0.227. The number of hydrogen-bond acceptors (Lipinski definition) is 4. The molecule has 0 spiro atoms. The highest BCUT2D eigenvalue weighted by atomic mass is 32.2. The zero-order valence-electron chi connectivity index (χ0n) is 16.2. The third-order valence-corrected chi connectivity index (χ3v) is 6.32. The van der Waals surface area contributed by atoms with E-state index in [4.69, 9.17) is 4.74 Å². The molecule has 6 heteroatoms. The van der Waals surface area contributed by atoms with E-state index in [1.807, 2.05) is 56.3 Å². The Kier molecular flexibility index (Phi) is 5.70. The second kappa shape index (κ2) is 8.02. The Balaban J connectivity index is 2.15. The smallest absolute Gasteiger partial charge is 0.326 e. The summed E-state index contributed by atoms with van der Waals surface area (Å²) in [4.78, 5) is 12.3. The van der Waals surface area contributed by atoms with Crippen LogP contribution >= 0.6 is 0 Å². The molecule has 0 fully saturated rings. The molecule has 0 amide bonds. The van der Waals surface area contributed by atoms with Crippen molar-refractivity contribution in [1.82, 2.24) is 0 Å². The van der Waals surface area contributed by atoms with Gasteiger partial charge < -0.3 is 4.74 Å². The van der Waals surface area contributed by atoms with Gasteiger partial charge in [-0.3, -0.25) is 9.10 Å². The highest BCUT2D eigenvalue weighted by molar-refractivity contribution is 7.92. The Morgan fingerprint density at radius 3 is 2.21 bits per heavy atom. The number of benzene rings is 3. The Hall–Kier alpha value is -2.86. The van der Waals surface area contributed by atoms with Crippen LogP contribution in [0, 0.1) is 13.8 Å². The number of hydrogen-bond donors (Lipinski definition) is 0. The van der Waals surface area contributed by atoms with E-state index in [2.05, 4.69) is 0 Å². The second-order valence-corrected chi connectivity index (χ2v) is 8.43. The van der Waals surface area contributed by atoms with Crippen LogP contribution in [0.2, 0.25) is 0 Å². The van der Waals surface area contributed by atoms with E-state index in [9.17, 15) is 13.2 Å². The fourth-order valence-electron chi connectivity index (χ4n) is 3.26. The number of carbonyl (C=O) groups excluding carboxylic acids is 1. The number of fused-ring (bicyclic) bond motifs is 1. The minimum Gasteiger partial charge on any atom is -0.465 e. The van der Waals surface area contributed by atoms with Crippen molar-refractivity contribution in [3.05, 3.63) is 71.8 Å². The lowest BCUT2D eigenvalue weighted by Crippen LogP contribution is -2.37. The van der Waals surface area contributed by atoms with Crippen molar-refractivity contribution in [3.63, 3.8) is 0 Å². The van der Waals surface area contributed by atoms with Crippen LogP contribution in [0.5, 0.6) is 0 Å². The van der Waals surface area contributed by atoms with Crippen LogP contribution in [0.1, 0.15) is 18.1 Å². The molecular weight excluding hydrogens is 374 g/mol. The second-order valence-electron chi connectivity index (χ2n) is 6.57. The van der Waals surface area contributed by atoms with Gasteiger partial charge in [0.25, 0.3) is 10.0 Å². The van der Waals surface area contributed by atoms with E-state index < -0.39 is 16.0 Å². The number of sulfonamides is 1. The third kappa shape index (κ3) is 3.87. The molecule has 146 valence electrons. The number of esters is 1. The number of rotatable bonds is 6. The molecule has 5 nitrogen and oxygen atoms in total. The molecule has 0 atom stereocenters. The molecule has 0 radical (unpaired) electrons. The molecule has 0 unspecified atom stereocenters. The van der Waals surface area contributed by atoms with Crippen LogP contribution in [0.4, 0.5) is 5.69 Å². The van der Waals surface area contributed by atoms with Crippen LogP contribution in [-0.4, -0.2) is 27.5 Å². The molecule has 0 aliphatic heterocycles. The predicted molar refractivity (Wildman–Crippen MR) is 111 cm³/mol. The lowest BCUT2D eigenvalue weighted by atomic mass is 10.1. The summed E-state index contributed by atoms with van der Waals surface area (Å²) >= 11 is 0. The topological polar surface area (TPSA) is 63.7 Å². The average molecular weight is 397 g/mol. The summed E-state index contributed by atoms with van der Waals surface area (Å²) in [5, 5.41) is 1.77. The van der Waals surface area contributed by atoms with Crippen molar-refractivity contribution in [3.8, 4) is 0 Å². The molecule has 0 N–H and O–H groups in total. The maximum absolute atomic E-state index is 13.5. The summed E-state index contributed by atoms with van der Waals surface area (Å²) in [7, 11) is -3.97. The molecule has 3 aromatic rings. The Bertz CT molecular complexity index is 1100. The molecular formula is C22H23NO4S. The first-order valence-electron chi connectivity index (χ1n) is 9.08. The van der Waals surface area contributed by atoms with E-state index in [1.165, 1.54) is 0 Å². The molecule has 0 aromatic heterocycles. The zero-order valence-corrected chi connectivity index (χ0v) is 17.0. The monoisotopic (exact) mass is 397 g/mol. The van der Waals surface area contributed by atoms with Crippen molar-refractivity contribution in [2.45, 2.75) is 25.7 Å². The quantitative estimate of drug-likeness (QED) is 0.585. The van der Waals surface area contributed by atoms with Gasteiger partial charge in [-0.25, -0.2) is 8.42 Å². The van der Waals surface area contributed by atoms with E-state index in [0.29, 0.717) is 5.69 Å². The van der Waals surface area contributed by atoms with Crippen molar-refractivity contribution >= 4 is 32.5 Å². The van der Waals surface area contributed by atoms with Gasteiger partial charge in [-0.2, -0.15) is 0 Å². The van der Waals surface area contributed by atoms with Gasteiger partial charge in [0.15, 0.2) is 0 Å². The minimum absolute atomic E-state index is 0.137. The van der Waals surface area contributed by atoms with Crippen LogP contribution in [0.3, 0.4) is 0 Å². The number of anilines is 1. The Morgan fingerprint density at radius 1 is 0.929 bits per heavy atom. The Morgan fingerprint density at radius 2 is 1.57 bits per heavy atom. The first kappa shape index (κ1) is 19.9. The summed E-state index contributed by atoms with van der Waals surface area (Å²) in [6, 6.07) is 18.1. The summed E-state index contributed by atoms with van der Waals surface area (Å²) < 4.78 is 33.3. The number of carbonyl (C=O) groups is 1. The standard InChI is InChI=1S/C22H23NO4S/c1-4-27-21(24)15-23(22-16(2)8-7-9-17(22)3)28(25,26)20-13-12-18-10-5-6-11-19(18)14-20/h5-14H,4,15H2,1-3H3. The van der Waals surface area contributed by atoms with Crippen molar-refractivity contribution in [2.24, 2.45) is 0 Å². The molecule has 0 aliphatic rings. The van der Waals surface area contributed by atoms with Crippen LogP contribution in [-0.2, 0) is 19.6 Å². The molecule has 3 aromatic carbocycles. The molecule has 28 heavy (non-hydrogen) atoms. The summed E-state index contributed by atoms with van der Waals surface area (Å²) in [6.45, 7) is 5.16. The molecule has 0 saturated carbocycles. The van der Waals surface area contributed by atoms with E-state index in [-0.39, 0.29) is 18.0 Å². The molecule has 0 heterocycles. The van der Waals surface area contributed by atoms with E-state index >= 15 is 0 Å². The van der Waals surface area contributed by atoms with Gasteiger partial charge in [-0.05, 0) is 54.8 Å². The summed E-state index contributed by atoms with van der Waals surface area (Å²) in [5.74, 6) is -0.588. The summed E-state index contributed by atoms with van der Waals surface area (Å²) in [6.07, 6.45) is 0. The molecule has 0 bridgehead atoms. The number of nitrogens with zero attached hydrogens (tertiary/aromatic N) is 1. The highest BCUT2D eigenvalue weighted by Crippen LogP contribution is 2.31. The number of aryl methyl sites for hydroxylation is 2. The number of para-hydroxylation sites is 1. The molecule has 3 rings (SSSR count). The maximum Gasteiger partial charge on any atom is 0.326 e. The van der Waals surface area contributed by atoms with Gasteiger partial charge in [-0.1, -0.05) is 48.5 Å². The Labute approximate surface area is 165 Å². The highest BCUT2D eigenvalue weighted by Gasteiger charge is 2.30. The molecule has 0 saturated heterocycles. The van der Waals surface area contributed by atoms with Crippen LogP contribution in [0.15, 0.2) is 65.6 Å². The van der Waals surface area contributed by atoms with Gasteiger partial charge >= 0.3 is 5.97 Å². The first-order chi connectivity index (χ1) is 13.3. The normalized spacial score (nSPS) is 11.4.